The number of amides is 2. The normalized spacial score (nSPS) is 15.8. The summed E-state index contributed by atoms with van der Waals surface area (Å²) >= 11 is 1.32. The minimum absolute atomic E-state index is 0.121. The van der Waals surface area contributed by atoms with Gasteiger partial charge in [-0.15, -0.1) is 0 Å². The van der Waals surface area contributed by atoms with E-state index in [1.54, 1.807) is 31.2 Å². The Hall–Kier alpha value is -4.00. The first kappa shape index (κ1) is 24.7. The van der Waals surface area contributed by atoms with E-state index in [1.165, 1.54) is 16.1 Å². The zero-order chi connectivity index (χ0) is 26.3. The van der Waals surface area contributed by atoms with E-state index in [-0.39, 0.29) is 23.0 Å². The molecule has 1 atom stereocenters. The number of pyridine rings is 1. The summed E-state index contributed by atoms with van der Waals surface area (Å²) in [7, 11) is 3.44. The van der Waals surface area contributed by atoms with Crippen molar-refractivity contribution < 1.29 is 4.79 Å². The molecule has 0 saturated carbocycles. The van der Waals surface area contributed by atoms with E-state index in [0.29, 0.717) is 42.6 Å². The van der Waals surface area contributed by atoms with Crippen molar-refractivity contribution in [1.29, 1.82) is 0 Å². The standard InChI is InChI=1S/C24H30N10O2S/c1-24(2,3)18-9-19(34(31-18)16-11-27-37-13-16)29-23(36)28-15-6-7-33(12-15)17-8-14-10-26-22(25-4)30-20(14)32(5)21(17)35/h8-11,13,15H,6-7,12H2,1-5H3,(H,25,26,30)(H2,28,29,36). The molecule has 0 radical (unpaired) electrons. The molecule has 5 rings (SSSR count). The highest BCUT2D eigenvalue weighted by Gasteiger charge is 2.28. The molecule has 1 saturated heterocycles. The molecule has 2 amide bonds. The van der Waals surface area contributed by atoms with Crippen molar-refractivity contribution >= 4 is 46.1 Å². The van der Waals surface area contributed by atoms with Crippen LogP contribution in [0.25, 0.3) is 16.7 Å². The predicted octanol–water partition coefficient (Wildman–Crippen LogP) is 2.71. The molecule has 1 unspecified atom stereocenters. The Balaban J connectivity index is 1.31. The Bertz CT molecular complexity index is 1500. The number of anilines is 3. The van der Waals surface area contributed by atoms with Crippen molar-refractivity contribution in [2.24, 2.45) is 7.05 Å². The summed E-state index contributed by atoms with van der Waals surface area (Å²) in [6, 6.07) is 3.26. The molecular weight excluding hydrogens is 492 g/mol. The maximum atomic E-state index is 13.1. The van der Waals surface area contributed by atoms with Gasteiger partial charge in [0.1, 0.15) is 17.2 Å². The molecule has 194 valence electrons. The van der Waals surface area contributed by atoms with Crippen molar-refractivity contribution in [3.63, 3.8) is 0 Å². The number of hydrogen-bond acceptors (Lipinski definition) is 9. The SMILES string of the molecule is CNc1ncc2cc(N3CCC(NC(=O)Nc4cc(C(C)(C)C)nn4-c4cnsc4)C3)c(=O)n(C)c2n1. The van der Waals surface area contributed by atoms with Crippen LogP contribution in [0.5, 0.6) is 0 Å². The summed E-state index contributed by atoms with van der Waals surface area (Å²) in [6.07, 6.45) is 4.13. The van der Waals surface area contributed by atoms with Crippen LogP contribution >= 0.6 is 11.5 Å². The second-order valence-electron chi connectivity index (χ2n) is 10.1. The number of rotatable bonds is 5. The van der Waals surface area contributed by atoms with Crippen LogP contribution in [0.4, 0.5) is 22.2 Å². The van der Waals surface area contributed by atoms with Gasteiger partial charge in [0.2, 0.25) is 5.95 Å². The summed E-state index contributed by atoms with van der Waals surface area (Å²) in [5, 5.41) is 16.2. The number of urea groups is 1. The zero-order valence-electron chi connectivity index (χ0n) is 21.4. The van der Waals surface area contributed by atoms with E-state index in [0.717, 1.165) is 16.8 Å². The molecule has 0 aliphatic carbocycles. The molecule has 4 aromatic rings. The molecule has 12 nitrogen and oxygen atoms in total. The Morgan fingerprint density at radius 1 is 1.22 bits per heavy atom. The van der Waals surface area contributed by atoms with Gasteiger partial charge in [0, 0.05) is 61.7 Å². The average molecular weight is 523 g/mol. The summed E-state index contributed by atoms with van der Waals surface area (Å²) in [6.45, 7) is 7.39. The topological polar surface area (TPSA) is 135 Å². The highest BCUT2D eigenvalue weighted by Crippen LogP contribution is 2.27. The van der Waals surface area contributed by atoms with Crippen LogP contribution in [0.1, 0.15) is 32.9 Å². The van der Waals surface area contributed by atoms with E-state index < -0.39 is 0 Å². The van der Waals surface area contributed by atoms with Crippen molar-refractivity contribution in [3.8, 4) is 5.69 Å². The number of fused-ring (bicyclic) bond motifs is 1. The van der Waals surface area contributed by atoms with Crippen molar-refractivity contribution in [3.05, 3.63) is 46.0 Å². The molecule has 13 heteroatoms. The van der Waals surface area contributed by atoms with Crippen LogP contribution in [0.3, 0.4) is 0 Å². The van der Waals surface area contributed by atoms with Gasteiger partial charge >= 0.3 is 6.03 Å². The lowest BCUT2D eigenvalue weighted by atomic mass is 9.92. The lowest BCUT2D eigenvalue weighted by Gasteiger charge is -2.20. The van der Waals surface area contributed by atoms with Crippen LogP contribution in [0.15, 0.2) is 34.7 Å². The number of nitrogens with zero attached hydrogens (tertiary/aromatic N) is 7. The number of aromatic nitrogens is 6. The van der Waals surface area contributed by atoms with Gasteiger partial charge in [-0.25, -0.2) is 14.5 Å². The lowest BCUT2D eigenvalue weighted by Crippen LogP contribution is -2.40. The third-order valence-electron chi connectivity index (χ3n) is 6.40. The number of hydrogen-bond donors (Lipinski definition) is 3. The van der Waals surface area contributed by atoms with Crippen molar-refractivity contribution in [1.82, 2.24) is 34.0 Å². The van der Waals surface area contributed by atoms with Gasteiger partial charge in [-0.05, 0) is 24.0 Å². The highest BCUT2D eigenvalue weighted by molar-refractivity contribution is 7.03. The maximum Gasteiger partial charge on any atom is 0.320 e. The third kappa shape index (κ3) is 4.86. The maximum absolute atomic E-state index is 13.1. The van der Waals surface area contributed by atoms with Crippen LogP contribution in [-0.2, 0) is 12.5 Å². The summed E-state index contributed by atoms with van der Waals surface area (Å²) < 4.78 is 7.40. The molecule has 0 aromatic carbocycles. The van der Waals surface area contributed by atoms with Gasteiger partial charge in [0.25, 0.3) is 5.56 Å². The fourth-order valence-electron chi connectivity index (χ4n) is 4.35. The largest absolute Gasteiger partial charge is 0.365 e. The molecule has 3 N–H and O–H groups in total. The van der Waals surface area contributed by atoms with Crippen LogP contribution in [0.2, 0.25) is 0 Å². The molecule has 1 fully saturated rings. The van der Waals surface area contributed by atoms with E-state index in [2.05, 4.69) is 51.1 Å². The summed E-state index contributed by atoms with van der Waals surface area (Å²) in [4.78, 5) is 36.7. The molecule has 0 spiro atoms. The Morgan fingerprint density at radius 2 is 2.03 bits per heavy atom. The number of nitrogens with one attached hydrogen (secondary N) is 3. The van der Waals surface area contributed by atoms with Crippen LogP contribution in [-0.4, -0.2) is 60.9 Å². The first-order valence-electron chi connectivity index (χ1n) is 12.0. The smallest absolute Gasteiger partial charge is 0.320 e. The number of carbonyl (C=O) groups is 1. The average Bonchev–Trinajstić information content (AvgIpc) is 3.62. The fraction of sp³-hybridized carbons (Fsp3) is 0.417. The van der Waals surface area contributed by atoms with Gasteiger partial charge in [0.05, 0.1) is 17.6 Å². The second kappa shape index (κ2) is 9.47. The predicted molar refractivity (Wildman–Crippen MR) is 145 cm³/mol. The molecule has 0 bridgehead atoms. The quantitative estimate of drug-likeness (QED) is 0.364. The summed E-state index contributed by atoms with van der Waals surface area (Å²) in [5.74, 6) is 1.03. The Morgan fingerprint density at radius 3 is 2.73 bits per heavy atom. The minimum Gasteiger partial charge on any atom is -0.365 e. The number of aryl methyl sites for hydroxylation is 1. The molecular formula is C24H30N10O2S. The van der Waals surface area contributed by atoms with E-state index in [9.17, 15) is 9.59 Å². The van der Waals surface area contributed by atoms with Crippen molar-refractivity contribution in [2.45, 2.75) is 38.6 Å². The fourth-order valence-corrected chi connectivity index (χ4v) is 4.85. The Labute approximate surface area is 217 Å². The summed E-state index contributed by atoms with van der Waals surface area (Å²) in [5.41, 5.74) is 2.46. The second-order valence-corrected chi connectivity index (χ2v) is 10.8. The van der Waals surface area contributed by atoms with E-state index in [4.69, 9.17) is 5.10 Å². The molecule has 1 aliphatic heterocycles. The third-order valence-corrected chi connectivity index (χ3v) is 6.97. The molecule has 5 heterocycles. The molecule has 37 heavy (non-hydrogen) atoms. The first-order chi connectivity index (χ1) is 17.6. The van der Waals surface area contributed by atoms with Gasteiger partial charge in [-0.2, -0.15) is 14.5 Å². The molecule has 4 aromatic heterocycles. The van der Waals surface area contributed by atoms with Crippen molar-refractivity contribution in [2.75, 3.05) is 35.7 Å². The van der Waals surface area contributed by atoms with E-state index in [1.807, 2.05) is 22.4 Å². The minimum atomic E-state index is -0.323. The van der Waals surface area contributed by atoms with Crippen LogP contribution in [0, 0.1) is 0 Å². The molecule has 1 aliphatic rings. The van der Waals surface area contributed by atoms with Gasteiger partial charge in [-0.1, -0.05) is 20.8 Å². The zero-order valence-corrected chi connectivity index (χ0v) is 22.3. The van der Waals surface area contributed by atoms with Gasteiger partial charge in [-0.3, -0.25) is 14.7 Å². The Kier molecular flexibility index (Phi) is 6.31. The van der Waals surface area contributed by atoms with E-state index >= 15 is 0 Å². The highest BCUT2D eigenvalue weighted by atomic mass is 32.1. The van der Waals surface area contributed by atoms with Crippen LogP contribution < -0.4 is 26.4 Å². The van der Waals surface area contributed by atoms with Gasteiger partial charge in [0.15, 0.2) is 0 Å². The van der Waals surface area contributed by atoms with Gasteiger partial charge < -0.3 is 15.5 Å². The lowest BCUT2D eigenvalue weighted by molar-refractivity contribution is 0.249. The first-order valence-corrected chi connectivity index (χ1v) is 12.8. The monoisotopic (exact) mass is 522 g/mol. The number of carbonyl (C=O) groups excluding carboxylic acids is 1.